The van der Waals surface area contributed by atoms with E-state index in [1.165, 1.54) is 71.6 Å². The zero-order valence-corrected chi connectivity index (χ0v) is 30.5. The Morgan fingerprint density at radius 3 is 1.50 bits per heavy atom. The molecule has 3 heterocycles. The highest BCUT2D eigenvalue weighted by atomic mass is 15.1. The minimum absolute atomic E-state index is 0.909. The Bertz CT molecular complexity index is 3230. The lowest BCUT2D eigenvalue weighted by molar-refractivity contribution is 1.08. The van der Waals surface area contributed by atoms with E-state index in [9.17, 15) is 0 Å². The number of aromatic nitrogens is 3. The lowest BCUT2D eigenvalue weighted by Gasteiger charge is -2.12. The van der Waals surface area contributed by atoms with E-state index in [-0.39, 0.29) is 0 Å². The van der Waals surface area contributed by atoms with Crippen molar-refractivity contribution in [2.75, 3.05) is 0 Å². The van der Waals surface area contributed by atoms with E-state index in [1.807, 2.05) is 6.07 Å². The summed E-state index contributed by atoms with van der Waals surface area (Å²) in [6, 6.07) is 76.2. The first kappa shape index (κ1) is 32.0. The molecule has 0 bridgehead atoms. The van der Waals surface area contributed by atoms with Gasteiger partial charge in [-0.2, -0.15) is 0 Å². The van der Waals surface area contributed by atoms with Crippen molar-refractivity contribution in [1.82, 2.24) is 14.1 Å². The zero-order chi connectivity index (χ0) is 37.0. The fourth-order valence-electron chi connectivity index (χ4n) is 8.54. The van der Waals surface area contributed by atoms with Gasteiger partial charge in [0.2, 0.25) is 0 Å². The number of nitrogens with zero attached hydrogens (tertiary/aromatic N) is 3. The molecule has 0 fully saturated rings. The van der Waals surface area contributed by atoms with Gasteiger partial charge in [-0.25, -0.2) is 4.98 Å². The quantitative estimate of drug-likeness (QED) is 0.168. The van der Waals surface area contributed by atoms with Crippen LogP contribution in [0.2, 0.25) is 0 Å². The fourth-order valence-corrected chi connectivity index (χ4v) is 8.54. The molecule has 3 nitrogen and oxygen atoms in total. The van der Waals surface area contributed by atoms with Gasteiger partial charge in [-0.1, -0.05) is 152 Å². The maximum Gasteiger partial charge on any atom is 0.138 e. The Kier molecular flexibility index (Phi) is 7.49. The van der Waals surface area contributed by atoms with Gasteiger partial charge in [-0.05, 0) is 94.0 Å². The number of para-hydroxylation sites is 3. The summed E-state index contributed by atoms with van der Waals surface area (Å²) in [5.74, 6) is 0.909. The first-order chi connectivity index (χ1) is 27.8. The molecular formula is C53H35N3. The van der Waals surface area contributed by atoms with Gasteiger partial charge in [0.05, 0.1) is 27.8 Å². The predicted octanol–water partition coefficient (Wildman–Crippen LogP) is 13.9. The van der Waals surface area contributed by atoms with Gasteiger partial charge >= 0.3 is 0 Å². The molecule has 0 amide bonds. The molecule has 0 atom stereocenters. The van der Waals surface area contributed by atoms with Gasteiger partial charge in [0, 0.05) is 32.8 Å². The van der Waals surface area contributed by atoms with E-state index >= 15 is 0 Å². The molecule has 0 radical (unpaired) electrons. The summed E-state index contributed by atoms with van der Waals surface area (Å²) in [5.41, 5.74) is 15.1. The first-order valence-corrected chi connectivity index (χ1v) is 19.1. The van der Waals surface area contributed by atoms with Gasteiger partial charge in [0.25, 0.3) is 0 Å². The van der Waals surface area contributed by atoms with Crippen LogP contribution in [-0.2, 0) is 0 Å². The van der Waals surface area contributed by atoms with Crippen molar-refractivity contribution in [3.8, 4) is 56.1 Å². The molecular weight excluding hydrogens is 679 g/mol. The summed E-state index contributed by atoms with van der Waals surface area (Å²) in [6.45, 7) is 0. The standard InChI is InChI=1S/C53H35N3/c1-3-14-38(15-4-1)48-22-13-25-53(54-48)56-50-24-12-10-21-45(50)47-35-40(31-33-52(47)56)43-19-8-7-18-42(43)37-28-26-36(27-29-37)39-30-32-51-46(34-39)44-20-9-11-23-49(44)55(51)41-16-5-2-6-17-41/h1-35H. The largest absolute Gasteiger partial charge is 0.309 e. The van der Waals surface area contributed by atoms with E-state index in [1.54, 1.807) is 0 Å². The molecule has 0 spiro atoms. The van der Waals surface area contributed by atoms with Crippen LogP contribution >= 0.6 is 0 Å². The highest BCUT2D eigenvalue weighted by Gasteiger charge is 2.17. The molecule has 11 rings (SSSR count). The molecule has 262 valence electrons. The molecule has 0 aliphatic carbocycles. The minimum atomic E-state index is 0.909. The van der Waals surface area contributed by atoms with Crippen molar-refractivity contribution in [3.05, 3.63) is 212 Å². The van der Waals surface area contributed by atoms with Gasteiger partial charge in [-0.3, -0.25) is 4.57 Å². The molecule has 8 aromatic carbocycles. The second kappa shape index (κ2) is 13.1. The molecule has 11 aromatic rings. The number of hydrogen-bond acceptors (Lipinski definition) is 1. The molecule has 0 unspecified atom stereocenters. The van der Waals surface area contributed by atoms with Crippen LogP contribution in [0.3, 0.4) is 0 Å². The highest BCUT2D eigenvalue weighted by Crippen LogP contribution is 2.39. The van der Waals surface area contributed by atoms with E-state index < -0.39 is 0 Å². The summed E-state index contributed by atoms with van der Waals surface area (Å²) in [5, 5.41) is 4.93. The van der Waals surface area contributed by atoms with Gasteiger partial charge in [0.15, 0.2) is 0 Å². The van der Waals surface area contributed by atoms with Crippen LogP contribution in [-0.4, -0.2) is 14.1 Å². The fraction of sp³-hybridized carbons (Fsp3) is 0. The number of hydrogen-bond donors (Lipinski definition) is 0. The SMILES string of the molecule is c1ccc(-c2cccc(-n3c4ccccc4c4cc(-c5ccccc5-c5ccc(-c6ccc7c(c6)c6ccccc6n7-c6ccccc6)cc5)ccc43)n2)cc1. The minimum Gasteiger partial charge on any atom is -0.309 e. The van der Waals surface area contributed by atoms with Crippen molar-refractivity contribution < 1.29 is 0 Å². The molecule has 0 saturated heterocycles. The molecule has 0 N–H and O–H groups in total. The first-order valence-electron chi connectivity index (χ1n) is 19.1. The third-order valence-electron chi connectivity index (χ3n) is 11.2. The Morgan fingerprint density at radius 2 is 0.786 bits per heavy atom. The summed E-state index contributed by atoms with van der Waals surface area (Å²) >= 11 is 0. The molecule has 3 aromatic heterocycles. The Morgan fingerprint density at radius 1 is 0.286 bits per heavy atom. The zero-order valence-electron chi connectivity index (χ0n) is 30.5. The van der Waals surface area contributed by atoms with Crippen LogP contribution in [0.4, 0.5) is 0 Å². The maximum atomic E-state index is 5.15. The van der Waals surface area contributed by atoms with E-state index in [0.717, 1.165) is 28.1 Å². The average Bonchev–Trinajstić information content (AvgIpc) is 3.79. The number of pyridine rings is 1. The Hall–Kier alpha value is -7.49. The van der Waals surface area contributed by atoms with Crippen LogP contribution in [0.25, 0.3) is 99.8 Å². The second-order valence-electron chi connectivity index (χ2n) is 14.4. The summed E-state index contributed by atoms with van der Waals surface area (Å²) in [7, 11) is 0. The summed E-state index contributed by atoms with van der Waals surface area (Å²) in [6.07, 6.45) is 0. The smallest absolute Gasteiger partial charge is 0.138 e. The Balaban J connectivity index is 0.974. The third kappa shape index (κ3) is 5.25. The Labute approximate surface area is 325 Å². The van der Waals surface area contributed by atoms with E-state index in [0.29, 0.717) is 0 Å². The van der Waals surface area contributed by atoms with E-state index in [4.69, 9.17) is 4.98 Å². The number of fused-ring (bicyclic) bond motifs is 6. The van der Waals surface area contributed by atoms with Crippen LogP contribution in [0.1, 0.15) is 0 Å². The van der Waals surface area contributed by atoms with Gasteiger partial charge in [0.1, 0.15) is 5.82 Å². The lowest BCUT2D eigenvalue weighted by Crippen LogP contribution is -1.98. The average molecular weight is 714 g/mol. The van der Waals surface area contributed by atoms with Crippen LogP contribution < -0.4 is 0 Å². The normalized spacial score (nSPS) is 11.6. The van der Waals surface area contributed by atoms with Crippen LogP contribution in [0.15, 0.2) is 212 Å². The molecule has 0 aliphatic heterocycles. The highest BCUT2D eigenvalue weighted by molar-refractivity contribution is 6.12. The van der Waals surface area contributed by atoms with Gasteiger partial charge in [-0.15, -0.1) is 0 Å². The summed E-state index contributed by atoms with van der Waals surface area (Å²) < 4.78 is 4.66. The van der Waals surface area contributed by atoms with E-state index in [2.05, 4.69) is 215 Å². The predicted molar refractivity (Wildman–Crippen MR) is 235 cm³/mol. The van der Waals surface area contributed by atoms with Crippen molar-refractivity contribution in [3.63, 3.8) is 0 Å². The molecule has 0 aliphatic rings. The molecule has 0 saturated carbocycles. The topological polar surface area (TPSA) is 22.8 Å². The third-order valence-corrected chi connectivity index (χ3v) is 11.2. The van der Waals surface area contributed by atoms with Crippen molar-refractivity contribution in [2.24, 2.45) is 0 Å². The molecule has 3 heteroatoms. The molecule has 56 heavy (non-hydrogen) atoms. The summed E-state index contributed by atoms with van der Waals surface area (Å²) in [4.78, 5) is 5.15. The number of benzene rings is 8. The van der Waals surface area contributed by atoms with Crippen molar-refractivity contribution in [1.29, 1.82) is 0 Å². The van der Waals surface area contributed by atoms with Crippen molar-refractivity contribution in [2.45, 2.75) is 0 Å². The number of rotatable bonds is 6. The van der Waals surface area contributed by atoms with Crippen LogP contribution in [0, 0.1) is 0 Å². The second-order valence-corrected chi connectivity index (χ2v) is 14.4. The van der Waals surface area contributed by atoms with Crippen molar-refractivity contribution >= 4 is 43.6 Å². The monoisotopic (exact) mass is 713 g/mol. The van der Waals surface area contributed by atoms with Crippen LogP contribution in [0.5, 0.6) is 0 Å². The lowest BCUT2D eigenvalue weighted by atomic mass is 9.92. The van der Waals surface area contributed by atoms with Gasteiger partial charge < -0.3 is 4.57 Å². The maximum absolute atomic E-state index is 5.15.